The average Bonchev–Trinajstić information content (AvgIpc) is 2.38. The lowest BCUT2D eigenvalue weighted by Gasteiger charge is -2.43. The van der Waals surface area contributed by atoms with E-state index in [1.165, 1.54) is 24.8 Å². The molecule has 1 saturated carbocycles. The van der Waals surface area contributed by atoms with Crippen molar-refractivity contribution in [3.8, 4) is 5.75 Å². The lowest BCUT2D eigenvalue weighted by atomic mass is 9.65. The highest BCUT2D eigenvalue weighted by atomic mass is 79.9. The lowest BCUT2D eigenvalue weighted by Crippen LogP contribution is -2.38. The fourth-order valence-corrected chi connectivity index (χ4v) is 5.24. The second-order valence-electron chi connectivity index (χ2n) is 6.61. The first-order valence-corrected chi connectivity index (χ1v) is 8.63. The summed E-state index contributed by atoms with van der Waals surface area (Å²) in [7, 11) is 1.73. The first-order valence-electron chi connectivity index (χ1n) is 7.34. The highest BCUT2D eigenvalue weighted by Crippen LogP contribution is 2.47. The zero-order valence-corrected chi connectivity index (χ0v) is 15.1. The lowest BCUT2D eigenvalue weighted by molar-refractivity contribution is 0.210. The summed E-state index contributed by atoms with van der Waals surface area (Å²) < 4.78 is 5.56. The molecule has 3 unspecified atom stereocenters. The van der Waals surface area contributed by atoms with Gasteiger partial charge in [-0.2, -0.15) is 0 Å². The van der Waals surface area contributed by atoms with E-state index in [0.29, 0.717) is 10.7 Å². The maximum Gasteiger partial charge on any atom is 0.122 e. The predicted octanol–water partition coefficient (Wildman–Crippen LogP) is 5.83. The number of benzene rings is 1. The molecule has 0 aliphatic heterocycles. The van der Waals surface area contributed by atoms with E-state index in [-0.39, 0.29) is 5.41 Å². The van der Waals surface area contributed by atoms with Gasteiger partial charge in [0.15, 0.2) is 0 Å². The smallest absolute Gasteiger partial charge is 0.122 e. The summed E-state index contributed by atoms with van der Waals surface area (Å²) in [5, 5.41) is 0.782. The van der Waals surface area contributed by atoms with Crippen LogP contribution in [0.3, 0.4) is 0 Å². The van der Waals surface area contributed by atoms with Crippen molar-refractivity contribution in [3.63, 3.8) is 0 Å². The van der Waals surface area contributed by atoms with Crippen LogP contribution >= 0.6 is 27.5 Å². The number of hydrogen-bond donors (Lipinski definition) is 0. The third kappa shape index (κ3) is 3.17. The van der Waals surface area contributed by atoms with Crippen molar-refractivity contribution in [3.05, 3.63) is 28.8 Å². The molecule has 0 N–H and O–H groups in total. The monoisotopic (exact) mass is 358 g/mol. The Bertz CT molecular complexity index is 472. The molecule has 0 radical (unpaired) electrons. The van der Waals surface area contributed by atoms with Crippen molar-refractivity contribution in [1.29, 1.82) is 0 Å². The zero-order chi connectivity index (χ0) is 14.9. The molecule has 0 aromatic heterocycles. The van der Waals surface area contributed by atoms with Gasteiger partial charge in [0, 0.05) is 15.4 Å². The van der Waals surface area contributed by atoms with Crippen molar-refractivity contribution in [2.45, 2.75) is 50.3 Å². The zero-order valence-electron chi connectivity index (χ0n) is 12.7. The summed E-state index contributed by atoms with van der Waals surface area (Å²) >= 11 is 10.1. The van der Waals surface area contributed by atoms with Crippen LogP contribution in [0.1, 0.15) is 45.6 Å². The van der Waals surface area contributed by atoms with Gasteiger partial charge < -0.3 is 4.74 Å². The van der Waals surface area contributed by atoms with Gasteiger partial charge in [-0.3, -0.25) is 0 Å². The van der Waals surface area contributed by atoms with Crippen LogP contribution in [0.2, 0.25) is 5.02 Å². The minimum Gasteiger partial charge on any atom is -0.496 e. The Morgan fingerprint density at radius 1 is 1.30 bits per heavy atom. The summed E-state index contributed by atoms with van der Waals surface area (Å²) in [6.07, 6.45) is 3.80. The molecule has 1 aromatic rings. The van der Waals surface area contributed by atoms with Crippen molar-refractivity contribution >= 4 is 27.5 Å². The van der Waals surface area contributed by atoms with Crippen LogP contribution in [0.15, 0.2) is 18.2 Å². The summed E-state index contributed by atoms with van der Waals surface area (Å²) in [4.78, 5) is 0.560. The van der Waals surface area contributed by atoms with Crippen LogP contribution in [0.5, 0.6) is 5.75 Å². The quantitative estimate of drug-likeness (QED) is 0.617. The molecule has 0 spiro atoms. The number of ether oxygens (including phenoxy) is 1. The van der Waals surface area contributed by atoms with Gasteiger partial charge in [-0.1, -0.05) is 54.7 Å². The second-order valence-corrected chi connectivity index (χ2v) is 8.22. The van der Waals surface area contributed by atoms with E-state index in [1.54, 1.807) is 7.11 Å². The summed E-state index contributed by atoms with van der Waals surface area (Å²) in [6.45, 7) is 6.98. The Balaban J connectivity index is 2.36. The molecule has 1 nitrogen and oxygen atoms in total. The fraction of sp³-hybridized carbons (Fsp3) is 0.647. The second kappa shape index (κ2) is 6.27. The number of hydrogen-bond acceptors (Lipinski definition) is 1. The third-order valence-corrected chi connectivity index (χ3v) is 6.06. The van der Waals surface area contributed by atoms with Crippen LogP contribution in [0, 0.1) is 11.8 Å². The Morgan fingerprint density at radius 3 is 2.60 bits per heavy atom. The Morgan fingerprint density at radius 2 is 2.00 bits per heavy atom. The van der Waals surface area contributed by atoms with Crippen LogP contribution in [0.4, 0.5) is 0 Å². The molecule has 1 aliphatic carbocycles. The molecule has 0 amide bonds. The number of halogens is 2. The Labute approximate surface area is 136 Å². The first kappa shape index (κ1) is 16.2. The van der Waals surface area contributed by atoms with E-state index < -0.39 is 0 Å². The van der Waals surface area contributed by atoms with Gasteiger partial charge in [0.2, 0.25) is 0 Å². The molecular formula is C17H24BrClO. The van der Waals surface area contributed by atoms with E-state index in [4.69, 9.17) is 16.3 Å². The van der Waals surface area contributed by atoms with E-state index in [1.807, 2.05) is 12.1 Å². The summed E-state index contributed by atoms with van der Waals surface area (Å²) in [6, 6.07) is 5.95. The summed E-state index contributed by atoms with van der Waals surface area (Å²) in [5.74, 6) is 2.36. The average molecular weight is 360 g/mol. The maximum atomic E-state index is 6.21. The summed E-state index contributed by atoms with van der Waals surface area (Å²) in [5.41, 5.74) is 1.27. The molecule has 3 heteroatoms. The molecule has 0 heterocycles. The van der Waals surface area contributed by atoms with Gasteiger partial charge in [0.05, 0.1) is 7.11 Å². The van der Waals surface area contributed by atoms with Gasteiger partial charge in [0.25, 0.3) is 0 Å². The van der Waals surface area contributed by atoms with Crippen molar-refractivity contribution in [2.24, 2.45) is 11.8 Å². The molecule has 0 bridgehead atoms. The SMILES string of the molecule is COc1ccc(Cl)cc1C(C)(C)C1CCC(C)CC1Br. The molecule has 1 aliphatic rings. The largest absolute Gasteiger partial charge is 0.496 e. The van der Waals surface area contributed by atoms with E-state index in [2.05, 4.69) is 42.8 Å². The molecule has 1 aromatic carbocycles. The van der Waals surface area contributed by atoms with E-state index >= 15 is 0 Å². The molecule has 20 heavy (non-hydrogen) atoms. The Hall–Kier alpha value is -0.210. The van der Waals surface area contributed by atoms with Crippen molar-refractivity contribution < 1.29 is 4.74 Å². The van der Waals surface area contributed by atoms with Crippen LogP contribution in [0.25, 0.3) is 0 Å². The van der Waals surface area contributed by atoms with Crippen LogP contribution in [-0.4, -0.2) is 11.9 Å². The standard InChI is InChI=1S/C17H24BrClO/c1-11-5-7-13(15(18)9-11)17(2,3)14-10-12(19)6-8-16(14)20-4/h6,8,10-11,13,15H,5,7,9H2,1-4H3. The third-order valence-electron chi connectivity index (χ3n) is 4.82. The van der Waals surface area contributed by atoms with Crippen molar-refractivity contribution in [2.75, 3.05) is 7.11 Å². The number of methoxy groups -OCH3 is 1. The van der Waals surface area contributed by atoms with Gasteiger partial charge in [-0.25, -0.2) is 0 Å². The highest BCUT2D eigenvalue weighted by Gasteiger charge is 2.40. The molecular weight excluding hydrogens is 336 g/mol. The molecule has 112 valence electrons. The minimum atomic E-state index is 0.0462. The van der Waals surface area contributed by atoms with Gasteiger partial charge in [0.1, 0.15) is 5.75 Å². The van der Waals surface area contributed by atoms with Crippen molar-refractivity contribution in [1.82, 2.24) is 0 Å². The van der Waals surface area contributed by atoms with Gasteiger partial charge >= 0.3 is 0 Å². The highest BCUT2D eigenvalue weighted by molar-refractivity contribution is 9.09. The Kier molecular flexibility index (Phi) is 5.07. The topological polar surface area (TPSA) is 9.23 Å². The van der Waals surface area contributed by atoms with Gasteiger partial charge in [-0.15, -0.1) is 0 Å². The van der Waals surface area contributed by atoms with Crippen LogP contribution in [-0.2, 0) is 5.41 Å². The molecule has 1 fully saturated rings. The first-order chi connectivity index (χ1) is 9.36. The predicted molar refractivity (Wildman–Crippen MR) is 90.3 cm³/mol. The molecule has 3 atom stereocenters. The van der Waals surface area contributed by atoms with E-state index in [9.17, 15) is 0 Å². The minimum absolute atomic E-state index is 0.0462. The normalized spacial score (nSPS) is 27.4. The maximum absolute atomic E-state index is 6.21. The fourth-order valence-electron chi connectivity index (χ4n) is 3.51. The van der Waals surface area contributed by atoms with E-state index in [0.717, 1.165) is 16.7 Å². The van der Waals surface area contributed by atoms with Crippen LogP contribution < -0.4 is 4.74 Å². The molecule has 2 rings (SSSR count). The number of alkyl halides is 1. The molecule has 0 saturated heterocycles. The van der Waals surface area contributed by atoms with Gasteiger partial charge in [-0.05, 0) is 48.3 Å². The number of rotatable bonds is 3.